The van der Waals surface area contributed by atoms with E-state index in [4.69, 9.17) is 16.7 Å². The fraction of sp³-hybridized carbons (Fsp3) is 0.0909. The van der Waals surface area contributed by atoms with Crippen molar-refractivity contribution in [3.63, 3.8) is 0 Å². The number of carboxylic acids is 1. The van der Waals surface area contributed by atoms with Crippen LogP contribution >= 0.6 is 27.5 Å². The summed E-state index contributed by atoms with van der Waals surface area (Å²) in [5, 5.41) is 13.4. The van der Waals surface area contributed by atoms with Gasteiger partial charge in [-0.1, -0.05) is 27.5 Å². The van der Waals surface area contributed by atoms with Gasteiger partial charge in [-0.15, -0.1) is 0 Å². The summed E-state index contributed by atoms with van der Waals surface area (Å²) in [6.45, 7) is 1.69. The van der Waals surface area contributed by atoms with E-state index >= 15 is 0 Å². The van der Waals surface area contributed by atoms with Gasteiger partial charge < -0.3 is 5.11 Å². The minimum atomic E-state index is -1.05. The monoisotopic (exact) mass is 314 g/mol. The van der Waals surface area contributed by atoms with Gasteiger partial charge in [0.1, 0.15) is 0 Å². The molecule has 6 heteroatoms. The van der Waals surface area contributed by atoms with Gasteiger partial charge in [0.15, 0.2) is 5.69 Å². The van der Waals surface area contributed by atoms with Crippen LogP contribution in [0.3, 0.4) is 0 Å². The molecule has 0 aliphatic heterocycles. The van der Waals surface area contributed by atoms with E-state index in [1.165, 1.54) is 4.68 Å². The van der Waals surface area contributed by atoms with Crippen LogP contribution in [0.15, 0.2) is 28.9 Å². The van der Waals surface area contributed by atoms with Gasteiger partial charge in [-0.2, -0.15) is 5.10 Å². The molecule has 2 rings (SSSR count). The normalized spacial score (nSPS) is 10.5. The van der Waals surface area contributed by atoms with Crippen LogP contribution in [-0.2, 0) is 0 Å². The predicted molar refractivity (Wildman–Crippen MR) is 68.0 cm³/mol. The number of nitrogens with zero attached hydrogens (tertiary/aromatic N) is 2. The number of hydrogen-bond donors (Lipinski definition) is 1. The molecule has 88 valence electrons. The van der Waals surface area contributed by atoms with Crippen molar-refractivity contribution in [3.05, 3.63) is 45.1 Å². The maximum absolute atomic E-state index is 10.9. The molecule has 0 bridgehead atoms. The Morgan fingerprint density at radius 1 is 1.53 bits per heavy atom. The van der Waals surface area contributed by atoms with E-state index in [1.54, 1.807) is 25.3 Å². The van der Waals surface area contributed by atoms with E-state index in [0.29, 0.717) is 16.3 Å². The lowest BCUT2D eigenvalue weighted by atomic mass is 10.3. The summed E-state index contributed by atoms with van der Waals surface area (Å²) in [7, 11) is 0. The molecule has 17 heavy (non-hydrogen) atoms. The Bertz CT molecular complexity index is 595. The summed E-state index contributed by atoms with van der Waals surface area (Å²) in [5.41, 5.74) is 1.27. The number of carboxylic acid groups (broad SMARTS) is 1. The molecule has 0 amide bonds. The van der Waals surface area contributed by atoms with Crippen LogP contribution in [0, 0.1) is 6.92 Å². The Morgan fingerprint density at radius 2 is 2.24 bits per heavy atom. The molecule has 0 saturated carbocycles. The highest BCUT2D eigenvalue weighted by molar-refractivity contribution is 9.10. The van der Waals surface area contributed by atoms with Crippen molar-refractivity contribution in [1.29, 1.82) is 0 Å². The maximum atomic E-state index is 10.9. The van der Waals surface area contributed by atoms with E-state index < -0.39 is 5.97 Å². The first-order valence-electron chi connectivity index (χ1n) is 4.74. The predicted octanol–water partition coefficient (Wildman–Crippen LogP) is 3.29. The Balaban J connectivity index is 2.53. The first-order chi connectivity index (χ1) is 7.99. The van der Waals surface area contributed by atoms with Gasteiger partial charge in [0.05, 0.1) is 10.7 Å². The fourth-order valence-corrected chi connectivity index (χ4v) is 2.22. The molecule has 0 aliphatic rings. The highest BCUT2D eigenvalue weighted by Gasteiger charge is 2.14. The minimum absolute atomic E-state index is 0.0315. The number of benzene rings is 1. The van der Waals surface area contributed by atoms with Gasteiger partial charge in [0.2, 0.25) is 0 Å². The average molecular weight is 316 g/mol. The molecular formula is C11H8BrClN2O2. The Kier molecular flexibility index (Phi) is 3.22. The molecule has 0 radical (unpaired) electrons. The van der Waals surface area contributed by atoms with E-state index in [-0.39, 0.29) is 5.69 Å². The van der Waals surface area contributed by atoms with Crippen LogP contribution in [0.4, 0.5) is 0 Å². The van der Waals surface area contributed by atoms with Gasteiger partial charge >= 0.3 is 5.97 Å². The van der Waals surface area contributed by atoms with E-state index in [1.807, 2.05) is 6.07 Å². The lowest BCUT2D eigenvalue weighted by molar-refractivity contribution is 0.0689. The number of aromatic nitrogens is 2. The van der Waals surface area contributed by atoms with Crippen LogP contribution in [0.25, 0.3) is 5.69 Å². The van der Waals surface area contributed by atoms with Gasteiger partial charge in [0, 0.05) is 16.2 Å². The quantitative estimate of drug-likeness (QED) is 0.925. The zero-order chi connectivity index (χ0) is 12.6. The van der Waals surface area contributed by atoms with E-state index in [9.17, 15) is 4.79 Å². The smallest absolute Gasteiger partial charge is 0.356 e. The molecule has 2 aromatic rings. The Morgan fingerprint density at radius 3 is 2.76 bits per heavy atom. The second-order valence-electron chi connectivity index (χ2n) is 3.51. The fourth-order valence-electron chi connectivity index (χ4n) is 1.46. The average Bonchev–Trinajstić information content (AvgIpc) is 2.60. The Hall–Kier alpha value is -1.33. The van der Waals surface area contributed by atoms with Crippen molar-refractivity contribution in [1.82, 2.24) is 9.78 Å². The van der Waals surface area contributed by atoms with E-state index in [0.717, 1.165) is 4.47 Å². The molecular weight excluding hydrogens is 307 g/mol. The summed E-state index contributed by atoms with van der Waals surface area (Å²) < 4.78 is 2.32. The number of hydrogen-bond acceptors (Lipinski definition) is 2. The van der Waals surface area contributed by atoms with Gasteiger partial charge in [0.25, 0.3) is 0 Å². The van der Waals surface area contributed by atoms with Crippen molar-refractivity contribution in [2.75, 3.05) is 0 Å². The lowest BCUT2D eigenvalue weighted by Gasteiger charge is -2.04. The first-order valence-corrected chi connectivity index (χ1v) is 5.91. The summed E-state index contributed by atoms with van der Waals surface area (Å²) in [4.78, 5) is 10.9. The topological polar surface area (TPSA) is 55.1 Å². The largest absolute Gasteiger partial charge is 0.476 e. The van der Waals surface area contributed by atoms with E-state index in [2.05, 4.69) is 21.0 Å². The second kappa shape index (κ2) is 4.50. The molecule has 0 spiro atoms. The number of halogens is 2. The summed E-state index contributed by atoms with van der Waals surface area (Å²) in [5.74, 6) is -1.05. The highest BCUT2D eigenvalue weighted by Crippen LogP contribution is 2.24. The summed E-state index contributed by atoms with van der Waals surface area (Å²) in [6.07, 6.45) is 1.64. The minimum Gasteiger partial charge on any atom is -0.476 e. The van der Waals surface area contributed by atoms with Gasteiger partial charge in [-0.3, -0.25) is 0 Å². The lowest BCUT2D eigenvalue weighted by Crippen LogP contribution is -2.02. The molecule has 1 aromatic carbocycles. The van der Waals surface area contributed by atoms with Crippen LogP contribution in [-0.4, -0.2) is 20.9 Å². The third-order valence-electron chi connectivity index (χ3n) is 2.26. The first kappa shape index (κ1) is 12.1. The van der Waals surface area contributed by atoms with Crippen molar-refractivity contribution >= 4 is 33.5 Å². The maximum Gasteiger partial charge on any atom is 0.356 e. The molecule has 0 aliphatic carbocycles. The van der Waals surface area contributed by atoms with Crippen LogP contribution in [0.5, 0.6) is 0 Å². The van der Waals surface area contributed by atoms with Crippen molar-refractivity contribution < 1.29 is 9.90 Å². The zero-order valence-electron chi connectivity index (χ0n) is 8.82. The molecule has 0 unspecified atom stereocenters. The standard InChI is InChI=1S/C11H8BrClN2O2/c1-6-5-15(14-10(6)11(16)17)9-3-2-7(12)4-8(9)13/h2-5H,1H3,(H,16,17). The molecule has 0 saturated heterocycles. The van der Waals surface area contributed by atoms with Crippen LogP contribution < -0.4 is 0 Å². The highest BCUT2D eigenvalue weighted by atomic mass is 79.9. The summed E-state index contributed by atoms with van der Waals surface area (Å²) in [6, 6.07) is 5.32. The zero-order valence-corrected chi connectivity index (χ0v) is 11.2. The number of rotatable bonds is 2. The van der Waals surface area contributed by atoms with Crippen molar-refractivity contribution in [2.24, 2.45) is 0 Å². The number of aromatic carboxylic acids is 1. The second-order valence-corrected chi connectivity index (χ2v) is 4.83. The molecule has 4 nitrogen and oxygen atoms in total. The SMILES string of the molecule is Cc1cn(-c2ccc(Br)cc2Cl)nc1C(=O)O. The molecule has 1 aromatic heterocycles. The third-order valence-corrected chi connectivity index (χ3v) is 3.05. The molecule has 0 atom stereocenters. The summed E-state index contributed by atoms with van der Waals surface area (Å²) >= 11 is 9.37. The molecule has 0 fully saturated rings. The van der Waals surface area contributed by atoms with Gasteiger partial charge in [-0.05, 0) is 25.1 Å². The molecule has 1 heterocycles. The van der Waals surface area contributed by atoms with Gasteiger partial charge in [-0.25, -0.2) is 9.48 Å². The molecule has 1 N–H and O–H groups in total. The number of carbonyl (C=O) groups is 1. The van der Waals surface area contributed by atoms with Crippen LogP contribution in [0.1, 0.15) is 16.1 Å². The van der Waals surface area contributed by atoms with Crippen molar-refractivity contribution in [2.45, 2.75) is 6.92 Å². The van der Waals surface area contributed by atoms with Crippen molar-refractivity contribution in [3.8, 4) is 5.69 Å². The van der Waals surface area contributed by atoms with Crippen LogP contribution in [0.2, 0.25) is 5.02 Å². The number of aryl methyl sites for hydroxylation is 1. The Labute approximate surface area is 111 Å². The third kappa shape index (κ3) is 2.35.